The minimum atomic E-state index is -0.418. The minimum Gasteiger partial charge on any atom is -0.391 e. The third-order valence-electron chi connectivity index (χ3n) is 3.97. The van der Waals surface area contributed by atoms with Crippen molar-refractivity contribution in [2.45, 2.75) is 46.3 Å². The molecule has 0 spiro atoms. The molecule has 1 aromatic heterocycles. The number of aliphatic hydroxyl groups excluding tert-OH is 1. The SMILES string of the molecule is Cc1c(C(=O)N2CCC(C)C(O)C2)cnn1C(C)C. The van der Waals surface area contributed by atoms with Crippen LogP contribution in [0.2, 0.25) is 0 Å². The van der Waals surface area contributed by atoms with Gasteiger partial charge in [-0.05, 0) is 33.1 Å². The lowest BCUT2D eigenvalue weighted by atomic mass is 9.95. The van der Waals surface area contributed by atoms with E-state index in [4.69, 9.17) is 0 Å². The van der Waals surface area contributed by atoms with Crippen molar-refractivity contribution in [3.63, 3.8) is 0 Å². The predicted molar refractivity (Wildman–Crippen MR) is 73.0 cm³/mol. The van der Waals surface area contributed by atoms with Crippen LogP contribution in [0, 0.1) is 12.8 Å². The average molecular weight is 265 g/mol. The van der Waals surface area contributed by atoms with Crippen molar-refractivity contribution >= 4 is 5.91 Å². The normalized spacial score (nSPS) is 24.0. The first-order valence-electron chi connectivity index (χ1n) is 6.93. The van der Waals surface area contributed by atoms with Crippen LogP contribution in [-0.4, -0.2) is 44.9 Å². The van der Waals surface area contributed by atoms with E-state index in [0.29, 0.717) is 18.7 Å². The van der Waals surface area contributed by atoms with Crippen LogP contribution < -0.4 is 0 Å². The van der Waals surface area contributed by atoms with E-state index < -0.39 is 6.10 Å². The van der Waals surface area contributed by atoms with Gasteiger partial charge in [-0.15, -0.1) is 0 Å². The molecule has 0 radical (unpaired) electrons. The van der Waals surface area contributed by atoms with E-state index in [9.17, 15) is 9.90 Å². The Hall–Kier alpha value is -1.36. The Morgan fingerprint density at radius 3 is 2.74 bits per heavy atom. The molecule has 2 unspecified atom stereocenters. The summed E-state index contributed by atoms with van der Waals surface area (Å²) in [4.78, 5) is 14.2. The summed E-state index contributed by atoms with van der Waals surface area (Å²) >= 11 is 0. The highest BCUT2D eigenvalue weighted by atomic mass is 16.3. The zero-order valence-corrected chi connectivity index (χ0v) is 12.1. The Morgan fingerprint density at radius 1 is 1.53 bits per heavy atom. The molecule has 0 aromatic carbocycles. The monoisotopic (exact) mass is 265 g/mol. The van der Waals surface area contributed by atoms with E-state index in [-0.39, 0.29) is 17.9 Å². The fourth-order valence-electron chi connectivity index (χ4n) is 2.56. The molecular weight excluding hydrogens is 242 g/mol. The van der Waals surface area contributed by atoms with E-state index in [1.54, 1.807) is 11.1 Å². The highest BCUT2D eigenvalue weighted by Crippen LogP contribution is 2.21. The summed E-state index contributed by atoms with van der Waals surface area (Å²) < 4.78 is 1.86. The summed E-state index contributed by atoms with van der Waals surface area (Å²) in [6, 6.07) is 0.244. The van der Waals surface area contributed by atoms with E-state index in [1.807, 2.05) is 32.4 Å². The number of aliphatic hydroxyl groups is 1. The van der Waals surface area contributed by atoms with E-state index >= 15 is 0 Å². The summed E-state index contributed by atoms with van der Waals surface area (Å²) in [5.74, 6) is 0.249. The molecule has 2 heterocycles. The molecular formula is C14H23N3O2. The highest BCUT2D eigenvalue weighted by molar-refractivity contribution is 5.95. The largest absolute Gasteiger partial charge is 0.391 e. The summed E-state index contributed by atoms with van der Waals surface area (Å²) in [5.41, 5.74) is 1.54. The molecule has 2 rings (SSSR count). The molecule has 1 amide bonds. The summed E-state index contributed by atoms with van der Waals surface area (Å²) in [7, 11) is 0. The van der Waals surface area contributed by atoms with Crippen LogP contribution in [0.1, 0.15) is 49.3 Å². The van der Waals surface area contributed by atoms with Gasteiger partial charge in [0.05, 0.1) is 17.9 Å². The molecule has 1 aliphatic heterocycles. The van der Waals surface area contributed by atoms with Crippen LogP contribution in [0.3, 0.4) is 0 Å². The Labute approximate surface area is 114 Å². The fraction of sp³-hybridized carbons (Fsp3) is 0.714. The maximum absolute atomic E-state index is 12.5. The van der Waals surface area contributed by atoms with Crippen LogP contribution >= 0.6 is 0 Å². The number of likely N-dealkylation sites (tertiary alicyclic amines) is 1. The van der Waals surface area contributed by atoms with E-state index in [2.05, 4.69) is 5.10 Å². The third kappa shape index (κ3) is 2.66. The topological polar surface area (TPSA) is 58.4 Å². The van der Waals surface area contributed by atoms with Crippen molar-refractivity contribution in [3.05, 3.63) is 17.5 Å². The number of β-amino-alcohol motifs (C(OH)–C–C–N with tert-alkyl or cyclic N) is 1. The standard InChI is InChI=1S/C14H23N3O2/c1-9(2)17-11(4)12(7-15-17)14(19)16-6-5-10(3)13(18)8-16/h7,9-10,13,18H,5-6,8H2,1-4H3. The first kappa shape index (κ1) is 14.1. The molecule has 1 fully saturated rings. The molecule has 1 aliphatic rings. The number of rotatable bonds is 2. The maximum Gasteiger partial charge on any atom is 0.257 e. The summed E-state index contributed by atoms with van der Waals surface area (Å²) in [6.07, 6.45) is 2.07. The van der Waals surface area contributed by atoms with Crippen molar-refractivity contribution in [3.8, 4) is 0 Å². The van der Waals surface area contributed by atoms with E-state index in [0.717, 1.165) is 12.1 Å². The third-order valence-corrected chi connectivity index (χ3v) is 3.97. The van der Waals surface area contributed by atoms with Gasteiger partial charge in [0.15, 0.2) is 0 Å². The first-order chi connectivity index (χ1) is 8.91. The van der Waals surface area contributed by atoms with Crippen molar-refractivity contribution in [2.24, 2.45) is 5.92 Å². The van der Waals surface area contributed by atoms with Gasteiger partial charge in [-0.25, -0.2) is 0 Å². The number of amides is 1. The number of carbonyl (C=O) groups excluding carboxylic acids is 1. The lowest BCUT2D eigenvalue weighted by Gasteiger charge is -2.34. The number of aromatic nitrogens is 2. The molecule has 5 heteroatoms. The molecule has 0 saturated carbocycles. The summed E-state index contributed by atoms with van der Waals surface area (Å²) in [5, 5.41) is 14.2. The lowest BCUT2D eigenvalue weighted by molar-refractivity contribution is 0.0248. The second-order valence-corrected chi connectivity index (χ2v) is 5.77. The molecule has 0 bridgehead atoms. The van der Waals surface area contributed by atoms with Gasteiger partial charge in [0.2, 0.25) is 0 Å². The van der Waals surface area contributed by atoms with Gasteiger partial charge in [-0.2, -0.15) is 5.10 Å². The number of carbonyl (C=O) groups is 1. The predicted octanol–water partition coefficient (Wildman–Crippen LogP) is 1.62. The number of nitrogens with zero attached hydrogens (tertiary/aromatic N) is 3. The number of piperidine rings is 1. The van der Waals surface area contributed by atoms with Crippen LogP contribution in [0.5, 0.6) is 0 Å². The van der Waals surface area contributed by atoms with Crippen molar-refractivity contribution in [1.82, 2.24) is 14.7 Å². The summed E-state index contributed by atoms with van der Waals surface area (Å²) in [6.45, 7) is 9.16. The Kier molecular flexibility index (Phi) is 3.94. The molecule has 1 N–H and O–H groups in total. The molecule has 1 saturated heterocycles. The first-order valence-corrected chi connectivity index (χ1v) is 6.93. The Morgan fingerprint density at radius 2 is 2.21 bits per heavy atom. The van der Waals surface area contributed by atoms with Gasteiger partial charge >= 0.3 is 0 Å². The quantitative estimate of drug-likeness (QED) is 0.884. The van der Waals surface area contributed by atoms with Crippen LogP contribution in [0.25, 0.3) is 0 Å². The van der Waals surface area contributed by atoms with Gasteiger partial charge < -0.3 is 10.0 Å². The van der Waals surface area contributed by atoms with Gasteiger partial charge in [0, 0.05) is 24.8 Å². The zero-order chi connectivity index (χ0) is 14.2. The maximum atomic E-state index is 12.5. The second-order valence-electron chi connectivity index (χ2n) is 5.77. The number of hydrogen-bond donors (Lipinski definition) is 1. The van der Waals surface area contributed by atoms with Gasteiger partial charge in [-0.3, -0.25) is 9.48 Å². The lowest BCUT2D eigenvalue weighted by Crippen LogP contribution is -2.45. The van der Waals surface area contributed by atoms with Gasteiger partial charge in [0.25, 0.3) is 5.91 Å². The molecule has 19 heavy (non-hydrogen) atoms. The minimum absolute atomic E-state index is 0.0182. The Balaban J connectivity index is 2.16. The molecule has 5 nitrogen and oxygen atoms in total. The van der Waals surface area contributed by atoms with Gasteiger partial charge in [-0.1, -0.05) is 6.92 Å². The van der Waals surface area contributed by atoms with E-state index in [1.165, 1.54) is 0 Å². The molecule has 0 aliphatic carbocycles. The zero-order valence-electron chi connectivity index (χ0n) is 12.1. The molecule has 2 atom stereocenters. The van der Waals surface area contributed by atoms with Crippen LogP contribution in [0.15, 0.2) is 6.20 Å². The van der Waals surface area contributed by atoms with Gasteiger partial charge in [0.1, 0.15) is 0 Å². The average Bonchev–Trinajstić information content (AvgIpc) is 2.74. The van der Waals surface area contributed by atoms with Crippen LogP contribution in [-0.2, 0) is 0 Å². The highest BCUT2D eigenvalue weighted by Gasteiger charge is 2.29. The second kappa shape index (κ2) is 5.33. The van der Waals surface area contributed by atoms with Crippen molar-refractivity contribution < 1.29 is 9.90 Å². The fourth-order valence-corrected chi connectivity index (χ4v) is 2.56. The molecule has 106 valence electrons. The Bertz CT molecular complexity index is 467. The smallest absolute Gasteiger partial charge is 0.257 e. The van der Waals surface area contributed by atoms with Crippen molar-refractivity contribution in [1.29, 1.82) is 0 Å². The van der Waals surface area contributed by atoms with Crippen molar-refractivity contribution in [2.75, 3.05) is 13.1 Å². The van der Waals surface area contributed by atoms with Crippen LogP contribution in [0.4, 0.5) is 0 Å². The number of hydrogen-bond acceptors (Lipinski definition) is 3. The molecule has 1 aromatic rings.